The van der Waals surface area contributed by atoms with Crippen LogP contribution >= 0.6 is 11.6 Å². The van der Waals surface area contributed by atoms with E-state index in [-0.39, 0.29) is 11.9 Å². The zero-order valence-corrected chi connectivity index (χ0v) is 14.7. The van der Waals surface area contributed by atoms with Crippen LogP contribution in [0.3, 0.4) is 0 Å². The third-order valence-electron chi connectivity index (χ3n) is 4.37. The molecule has 26 heavy (non-hydrogen) atoms. The van der Waals surface area contributed by atoms with Crippen LogP contribution in [0.25, 0.3) is 11.0 Å². The number of carbonyl (C=O) groups excluding carboxylic acids is 1. The number of anilines is 1. The number of hydrogen-bond donors (Lipinski definition) is 1. The average molecular weight is 369 g/mol. The lowest BCUT2D eigenvalue weighted by molar-refractivity contribution is 0.0927. The number of aromatic nitrogens is 4. The number of halogens is 1. The predicted molar refractivity (Wildman–Crippen MR) is 99.3 cm³/mol. The fourth-order valence-electron chi connectivity index (χ4n) is 3.11. The summed E-state index contributed by atoms with van der Waals surface area (Å²) in [6.45, 7) is 1.56. The molecular weight excluding hydrogens is 352 g/mol. The number of nitrogens with zero attached hydrogens (tertiary/aromatic N) is 5. The molecule has 1 atom stereocenters. The van der Waals surface area contributed by atoms with E-state index in [1.165, 1.54) is 12.4 Å². The first-order valence-corrected chi connectivity index (χ1v) is 8.81. The van der Waals surface area contributed by atoms with Crippen LogP contribution in [0.2, 0.25) is 5.02 Å². The minimum atomic E-state index is -0.204. The van der Waals surface area contributed by atoms with Gasteiger partial charge in [0.15, 0.2) is 0 Å². The summed E-state index contributed by atoms with van der Waals surface area (Å²) in [7, 11) is 0. The number of piperidine rings is 1. The predicted octanol–water partition coefficient (Wildman–Crippen LogP) is 2.47. The van der Waals surface area contributed by atoms with E-state index >= 15 is 0 Å². The van der Waals surface area contributed by atoms with Crippen LogP contribution in [0.1, 0.15) is 23.3 Å². The molecule has 1 saturated heterocycles. The fraction of sp³-hybridized carbons (Fsp3) is 0.278. The molecular formula is C18H17ClN6O. The van der Waals surface area contributed by atoms with Gasteiger partial charge in [-0.2, -0.15) is 0 Å². The summed E-state index contributed by atoms with van der Waals surface area (Å²) in [5.74, 6) is 0.600. The summed E-state index contributed by atoms with van der Waals surface area (Å²) >= 11 is 6.00. The first-order chi connectivity index (χ1) is 12.7. The molecule has 1 aliphatic heterocycles. The van der Waals surface area contributed by atoms with Crippen molar-refractivity contribution in [1.29, 1.82) is 0 Å². The lowest BCUT2D eigenvalue weighted by Crippen LogP contribution is -2.48. The van der Waals surface area contributed by atoms with Gasteiger partial charge in [0.05, 0.1) is 23.4 Å². The molecule has 1 amide bonds. The zero-order valence-electron chi connectivity index (χ0n) is 14.0. The fourth-order valence-corrected chi connectivity index (χ4v) is 3.27. The molecule has 1 fully saturated rings. The van der Waals surface area contributed by atoms with Crippen molar-refractivity contribution in [2.75, 3.05) is 18.0 Å². The zero-order chi connectivity index (χ0) is 17.9. The van der Waals surface area contributed by atoms with E-state index in [0.717, 1.165) is 36.2 Å². The van der Waals surface area contributed by atoms with E-state index in [0.29, 0.717) is 17.3 Å². The van der Waals surface area contributed by atoms with Gasteiger partial charge in [-0.15, -0.1) is 0 Å². The molecule has 3 heterocycles. The SMILES string of the molecule is O=C(NC1CCCN(c2cnc3cc(Cl)ccc3n2)C1)c1cnccn1. The number of fused-ring (bicyclic) bond motifs is 1. The standard InChI is InChI=1S/C18H17ClN6O/c19-12-3-4-14-15(8-12)22-10-17(24-14)25-7-1-2-13(11-25)23-18(26)16-9-20-5-6-21-16/h3-6,8-10,13H,1-2,7,11H2,(H,23,26). The highest BCUT2D eigenvalue weighted by atomic mass is 35.5. The molecule has 1 N–H and O–H groups in total. The van der Waals surface area contributed by atoms with Gasteiger partial charge in [-0.05, 0) is 31.0 Å². The number of hydrogen-bond acceptors (Lipinski definition) is 6. The highest BCUT2D eigenvalue weighted by molar-refractivity contribution is 6.31. The van der Waals surface area contributed by atoms with Crippen molar-refractivity contribution in [3.63, 3.8) is 0 Å². The third kappa shape index (κ3) is 3.57. The molecule has 0 saturated carbocycles. The van der Waals surface area contributed by atoms with Crippen LogP contribution in [-0.4, -0.2) is 45.0 Å². The number of rotatable bonds is 3. The minimum absolute atomic E-state index is 0.0287. The smallest absolute Gasteiger partial charge is 0.271 e. The van der Waals surface area contributed by atoms with Gasteiger partial charge in [0.25, 0.3) is 5.91 Å². The number of carbonyl (C=O) groups is 1. The highest BCUT2D eigenvalue weighted by Gasteiger charge is 2.23. The Labute approximate surface area is 155 Å². The highest BCUT2D eigenvalue weighted by Crippen LogP contribution is 2.22. The maximum Gasteiger partial charge on any atom is 0.271 e. The Bertz CT molecular complexity index is 935. The van der Waals surface area contributed by atoms with Crippen LogP contribution in [0.15, 0.2) is 43.0 Å². The van der Waals surface area contributed by atoms with Crippen molar-refractivity contribution in [1.82, 2.24) is 25.3 Å². The first-order valence-electron chi connectivity index (χ1n) is 8.43. The second kappa shape index (κ2) is 7.21. The van der Waals surface area contributed by atoms with Crippen LogP contribution in [0, 0.1) is 0 Å². The lowest BCUT2D eigenvalue weighted by atomic mass is 10.1. The summed E-state index contributed by atoms with van der Waals surface area (Å²) in [5.41, 5.74) is 1.90. The Hall–Kier alpha value is -2.80. The molecule has 1 aromatic carbocycles. The number of benzene rings is 1. The van der Waals surface area contributed by atoms with Crippen molar-refractivity contribution in [2.45, 2.75) is 18.9 Å². The maximum atomic E-state index is 12.3. The average Bonchev–Trinajstić information content (AvgIpc) is 2.68. The lowest BCUT2D eigenvalue weighted by Gasteiger charge is -2.33. The summed E-state index contributed by atoms with van der Waals surface area (Å²) in [6, 6.07) is 5.50. The first kappa shape index (κ1) is 16.7. The second-order valence-electron chi connectivity index (χ2n) is 6.21. The van der Waals surface area contributed by atoms with E-state index in [1.54, 1.807) is 18.5 Å². The molecule has 8 heteroatoms. The van der Waals surface area contributed by atoms with E-state index in [4.69, 9.17) is 11.6 Å². The molecule has 0 aliphatic carbocycles. The number of nitrogens with one attached hydrogen (secondary N) is 1. The molecule has 1 unspecified atom stereocenters. The van der Waals surface area contributed by atoms with Crippen molar-refractivity contribution in [2.24, 2.45) is 0 Å². The summed E-state index contributed by atoms with van der Waals surface area (Å²) in [6.07, 6.45) is 8.16. The Balaban J connectivity index is 1.48. The van der Waals surface area contributed by atoms with Crippen molar-refractivity contribution in [3.8, 4) is 0 Å². The van der Waals surface area contributed by atoms with E-state index in [2.05, 4.69) is 30.2 Å². The molecule has 4 rings (SSSR count). The quantitative estimate of drug-likeness (QED) is 0.764. The van der Waals surface area contributed by atoms with Gasteiger partial charge >= 0.3 is 0 Å². The van der Waals surface area contributed by atoms with Gasteiger partial charge in [-0.3, -0.25) is 14.8 Å². The number of amides is 1. The molecule has 3 aromatic rings. The van der Waals surface area contributed by atoms with Crippen LogP contribution in [0.5, 0.6) is 0 Å². The summed E-state index contributed by atoms with van der Waals surface area (Å²) in [5, 5.41) is 3.67. The Morgan fingerprint density at radius 1 is 1.19 bits per heavy atom. The molecule has 2 aromatic heterocycles. The van der Waals surface area contributed by atoms with Gasteiger partial charge < -0.3 is 10.2 Å². The van der Waals surface area contributed by atoms with E-state index in [9.17, 15) is 4.79 Å². The van der Waals surface area contributed by atoms with Crippen molar-refractivity contribution >= 4 is 34.4 Å². The Morgan fingerprint density at radius 3 is 2.96 bits per heavy atom. The molecule has 132 valence electrons. The largest absolute Gasteiger partial charge is 0.353 e. The van der Waals surface area contributed by atoms with E-state index in [1.807, 2.05) is 12.1 Å². The summed E-state index contributed by atoms with van der Waals surface area (Å²) in [4.78, 5) is 31.5. The van der Waals surface area contributed by atoms with Gasteiger partial charge in [-0.1, -0.05) is 11.6 Å². The Kier molecular flexibility index (Phi) is 4.62. The van der Waals surface area contributed by atoms with Crippen molar-refractivity contribution in [3.05, 3.63) is 53.7 Å². The van der Waals surface area contributed by atoms with Gasteiger partial charge in [0.2, 0.25) is 0 Å². The van der Waals surface area contributed by atoms with E-state index < -0.39 is 0 Å². The molecule has 0 radical (unpaired) electrons. The topological polar surface area (TPSA) is 83.9 Å². The van der Waals surface area contributed by atoms with Crippen LogP contribution in [-0.2, 0) is 0 Å². The molecule has 0 bridgehead atoms. The van der Waals surface area contributed by atoms with Gasteiger partial charge in [0.1, 0.15) is 11.5 Å². The maximum absolute atomic E-state index is 12.3. The van der Waals surface area contributed by atoms with Crippen LogP contribution < -0.4 is 10.2 Å². The Morgan fingerprint density at radius 2 is 2.12 bits per heavy atom. The molecule has 1 aliphatic rings. The third-order valence-corrected chi connectivity index (χ3v) is 4.60. The molecule has 0 spiro atoms. The monoisotopic (exact) mass is 368 g/mol. The van der Waals surface area contributed by atoms with Gasteiger partial charge in [0, 0.05) is 36.5 Å². The second-order valence-corrected chi connectivity index (χ2v) is 6.65. The summed E-state index contributed by atoms with van der Waals surface area (Å²) < 4.78 is 0. The van der Waals surface area contributed by atoms with Crippen LogP contribution in [0.4, 0.5) is 5.82 Å². The minimum Gasteiger partial charge on any atom is -0.353 e. The van der Waals surface area contributed by atoms with Gasteiger partial charge in [-0.25, -0.2) is 9.97 Å². The van der Waals surface area contributed by atoms with Crippen molar-refractivity contribution < 1.29 is 4.79 Å². The normalized spacial score (nSPS) is 17.3. The molecule has 7 nitrogen and oxygen atoms in total.